The highest BCUT2D eigenvalue weighted by Crippen LogP contribution is 2.50. The molecule has 0 aromatic carbocycles. The summed E-state index contributed by atoms with van der Waals surface area (Å²) < 4.78 is 5.24. The maximum Gasteiger partial charge on any atom is 0.122 e. The molecule has 1 heterocycles. The van der Waals surface area contributed by atoms with Gasteiger partial charge < -0.3 is 10.1 Å². The SMILES string of the molecule is COc1cc(C)nc(CNCC2CC2(C)C)c1. The summed E-state index contributed by atoms with van der Waals surface area (Å²) in [6.07, 6.45) is 1.34. The summed E-state index contributed by atoms with van der Waals surface area (Å²) in [7, 11) is 1.69. The predicted octanol–water partition coefficient (Wildman–Crippen LogP) is 2.53. The number of nitrogens with zero attached hydrogens (tertiary/aromatic N) is 1. The lowest BCUT2D eigenvalue weighted by Crippen LogP contribution is -2.19. The highest BCUT2D eigenvalue weighted by Gasteiger charge is 2.44. The number of ether oxygens (including phenoxy) is 1. The largest absolute Gasteiger partial charge is 0.497 e. The first-order chi connectivity index (χ1) is 8.01. The maximum absolute atomic E-state index is 5.24. The van der Waals surface area contributed by atoms with Gasteiger partial charge in [0.15, 0.2) is 0 Å². The van der Waals surface area contributed by atoms with Gasteiger partial charge in [-0.05, 0) is 31.2 Å². The number of hydrogen-bond acceptors (Lipinski definition) is 3. The van der Waals surface area contributed by atoms with Gasteiger partial charge in [0, 0.05) is 24.4 Å². The average molecular weight is 234 g/mol. The summed E-state index contributed by atoms with van der Waals surface area (Å²) in [6, 6.07) is 3.95. The summed E-state index contributed by atoms with van der Waals surface area (Å²) in [5, 5.41) is 3.48. The minimum Gasteiger partial charge on any atom is -0.497 e. The lowest BCUT2D eigenvalue weighted by atomic mass is 10.1. The fraction of sp³-hybridized carbons (Fsp3) is 0.643. The zero-order chi connectivity index (χ0) is 12.5. The van der Waals surface area contributed by atoms with E-state index in [4.69, 9.17) is 4.74 Å². The molecule has 0 saturated heterocycles. The summed E-state index contributed by atoms with van der Waals surface area (Å²) in [5.74, 6) is 1.72. The standard InChI is InChI=1S/C14H22N2O/c1-10-5-13(17-4)6-12(16-10)9-15-8-11-7-14(11,2)3/h5-6,11,15H,7-9H2,1-4H3. The summed E-state index contributed by atoms with van der Waals surface area (Å²) in [5.41, 5.74) is 2.61. The summed E-state index contributed by atoms with van der Waals surface area (Å²) in [6.45, 7) is 8.56. The van der Waals surface area contributed by atoms with Crippen LogP contribution in [0.5, 0.6) is 5.75 Å². The van der Waals surface area contributed by atoms with E-state index in [1.165, 1.54) is 6.42 Å². The van der Waals surface area contributed by atoms with E-state index in [2.05, 4.69) is 24.1 Å². The van der Waals surface area contributed by atoms with E-state index < -0.39 is 0 Å². The number of hydrogen-bond donors (Lipinski definition) is 1. The lowest BCUT2D eigenvalue weighted by molar-refractivity contribution is 0.412. The van der Waals surface area contributed by atoms with Crippen LogP contribution in [-0.4, -0.2) is 18.6 Å². The molecule has 1 aromatic heterocycles. The molecule has 1 atom stereocenters. The molecule has 94 valence electrons. The van der Waals surface area contributed by atoms with E-state index in [0.717, 1.165) is 36.1 Å². The van der Waals surface area contributed by atoms with Gasteiger partial charge in [0.1, 0.15) is 5.75 Å². The van der Waals surface area contributed by atoms with Crippen molar-refractivity contribution in [2.24, 2.45) is 11.3 Å². The van der Waals surface area contributed by atoms with Crippen molar-refractivity contribution < 1.29 is 4.74 Å². The molecule has 1 fully saturated rings. The van der Waals surface area contributed by atoms with Crippen molar-refractivity contribution in [1.29, 1.82) is 0 Å². The Kier molecular flexibility index (Phi) is 3.38. The van der Waals surface area contributed by atoms with Crippen LogP contribution in [0.2, 0.25) is 0 Å². The Bertz CT molecular complexity index is 401. The first-order valence-corrected chi connectivity index (χ1v) is 6.23. The third-order valence-electron chi connectivity index (χ3n) is 3.63. The van der Waals surface area contributed by atoms with Crippen molar-refractivity contribution in [3.8, 4) is 5.75 Å². The molecule has 0 amide bonds. The Balaban J connectivity index is 1.84. The van der Waals surface area contributed by atoms with Crippen molar-refractivity contribution in [2.75, 3.05) is 13.7 Å². The van der Waals surface area contributed by atoms with Gasteiger partial charge in [-0.15, -0.1) is 0 Å². The van der Waals surface area contributed by atoms with Crippen LogP contribution in [0.4, 0.5) is 0 Å². The molecule has 0 radical (unpaired) electrons. The van der Waals surface area contributed by atoms with E-state index in [0.29, 0.717) is 5.41 Å². The Morgan fingerprint density at radius 1 is 1.47 bits per heavy atom. The molecule has 0 spiro atoms. The number of pyridine rings is 1. The van der Waals surface area contributed by atoms with Gasteiger partial charge in [-0.25, -0.2) is 0 Å². The second-order valence-corrected chi connectivity index (χ2v) is 5.66. The molecular formula is C14H22N2O. The van der Waals surface area contributed by atoms with Crippen molar-refractivity contribution in [1.82, 2.24) is 10.3 Å². The van der Waals surface area contributed by atoms with Crippen LogP contribution < -0.4 is 10.1 Å². The molecule has 1 N–H and O–H groups in total. The van der Waals surface area contributed by atoms with Gasteiger partial charge in [-0.2, -0.15) is 0 Å². The lowest BCUT2D eigenvalue weighted by Gasteiger charge is -2.08. The fourth-order valence-electron chi connectivity index (χ4n) is 2.21. The van der Waals surface area contributed by atoms with Crippen LogP contribution in [0.1, 0.15) is 31.7 Å². The second kappa shape index (κ2) is 4.65. The van der Waals surface area contributed by atoms with Gasteiger partial charge in [-0.3, -0.25) is 4.98 Å². The minimum absolute atomic E-state index is 0.546. The molecule has 1 aliphatic carbocycles. The molecular weight excluding hydrogens is 212 g/mol. The normalized spacial score (nSPS) is 21.3. The molecule has 1 aliphatic rings. The van der Waals surface area contributed by atoms with Crippen molar-refractivity contribution in [2.45, 2.75) is 33.7 Å². The minimum atomic E-state index is 0.546. The highest BCUT2D eigenvalue weighted by atomic mass is 16.5. The molecule has 0 aliphatic heterocycles. The van der Waals surface area contributed by atoms with Gasteiger partial charge in [-0.1, -0.05) is 13.8 Å². The van der Waals surface area contributed by atoms with Crippen LogP contribution in [-0.2, 0) is 6.54 Å². The smallest absolute Gasteiger partial charge is 0.122 e. The fourth-order valence-corrected chi connectivity index (χ4v) is 2.21. The van der Waals surface area contributed by atoms with Crippen LogP contribution in [0, 0.1) is 18.3 Å². The van der Waals surface area contributed by atoms with Crippen LogP contribution in [0.25, 0.3) is 0 Å². The monoisotopic (exact) mass is 234 g/mol. The molecule has 2 rings (SSSR count). The van der Waals surface area contributed by atoms with Crippen LogP contribution in [0.15, 0.2) is 12.1 Å². The van der Waals surface area contributed by atoms with Crippen molar-refractivity contribution in [3.63, 3.8) is 0 Å². The molecule has 3 nitrogen and oxygen atoms in total. The first kappa shape index (κ1) is 12.4. The van der Waals surface area contributed by atoms with E-state index in [-0.39, 0.29) is 0 Å². The third kappa shape index (κ3) is 3.19. The van der Waals surface area contributed by atoms with Gasteiger partial charge in [0.05, 0.1) is 12.8 Å². The molecule has 17 heavy (non-hydrogen) atoms. The van der Waals surface area contributed by atoms with Gasteiger partial charge in [0.25, 0.3) is 0 Å². The van der Waals surface area contributed by atoms with Gasteiger partial charge in [0.2, 0.25) is 0 Å². The molecule has 1 unspecified atom stereocenters. The number of rotatable bonds is 5. The molecule has 1 aromatic rings. The van der Waals surface area contributed by atoms with Crippen LogP contribution >= 0.6 is 0 Å². The number of aryl methyl sites for hydroxylation is 1. The number of aromatic nitrogens is 1. The zero-order valence-corrected chi connectivity index (χ0v) is 11.2. The van der Waals surface area contributed by atoms with Crippen molar-refractivity contribution >= 4 is 0 Å². The zero-order valence-electron chi connectivity index (χ0n) is 11.2. The maximum atomic E-state index is 5.24. The summed E-state index contributed by atoms with van der Waals surface area (Å²) in [4.78, 5) is 4.49. The second-order valence-electron chi connectivity index (χ2n) is 5.66. The predicted molar refractivity (Wildman–Crippen MR) is 69.1 cm³/mol. The topological polar surface area (TPSA) is 34.1 Å². The quantitative estimate of drug-likeness (QED) is 0.850. The Morgan fingerprint density at radius 2 is 2.18 bits per heavy atom. The van der Waals surface area contributed by atoms with Crippen molar-refractivity contribution in [3.05, 3.63) is 23.5 Å². The Labute approximate surface area is 104 Å². The Morgan fingerprint density at radius 3 is 2.76 bits per heavy atom. The van der Waals surface area contributed by atoms with Crippen LogP contribution in [0.3, 0.4) is 0 Å². The molecule has 0 bridgehead atoms. The first-order valence-electron chi connectivity index (χ1n) is 6.23. The van der Waals surface area contributed by atoms with E-state index in [9.17, 15) is 0 Å². The summed E-state index contributed by atoms with van der Waals surface area (Å²) >= 11 is 0. The third-order valence-corrected chi connectivity index (χ3v) is 3.63. The Hall–Kier alpha value is -1.09. The number of methoxy groups -OCH3 is 1. The van der Waals surface area contributed by atoms with E-state index >= 15 is 0 Å². The molecule has 3 heteroatoms. The highest BCUT2D eigenvalue weighted by molar-refractivity contribution is 5.26. The van der Waals surface area contributed by atoms with E-state index in [1.807, 2.05) is 19.1 Å². The number of nitrogens with one attached hydrogen (secondary N) is 1. The average Bonchev–Trinajstić information content (AvgIpc) is 2.85. The van der Waals surface area contributed by atoms with Gasteiger partial charge >= 0.3 is 0 Å². The molecule has 1 saturated carbocycles. The van der Waals surface area contributed by atoms with E-state index in [1.54, 1.807) is 7.11 Å².